The topological polar surface area (TPSA) is 95.7 Å². The van der Waals surface area contributed by atoms with Crippen LogP contribution in [0.15, 0.2) is 60.0 Å². The highest BCUT2D eigenvalue weighted by Gasteiger charge is 2.18. The van der Waals surface area contributed by atoms with Gasteiger partial charge in [-0.15, -0.1) is 0 Å². The Kier molecular flexibility index (Phi) is 5.38. The Hall–Kier alpha value is -4.24. The lowest BCUT2D eigenvalue weighted by Gasteiger charge is -2.29. The smallest absolute Gasteiger partial charge is 0.160 e. The van der Waals surface area contributed by atoms with Crippen molar-refractivity contribution in [3.05, 3.63) is 71.7 Å². The van der Waals surface area contributed by atoms with E-state index in [1.165, 1.54) is 16.6 Å². The number of benzene rings is 1. The van der Waals surface area contributed by atoms with Gasteiger partial charge in [0.05, 0.1) is 25.1 Å². The number of hydrogen-bond acceptors (Lipinski definition) is 7. The van der Waals surface area contributed by atoms with E-state index >= 15 is 0 Å². The van der Waals surface area contributed by atoms with Gasteiger partial charge in [-0.25, -0.2) is 4.98 Å². The van der Waals surface area contributed by atoms with Crippen molar-refractivity contribution in [1.29, 1.82) is 0 Å². The number of anilines is 2. The summed E-state index contributed by atoms with van der Waals surface area (Å²) in [6.07, 6.45) is 5.39. The van der Waals surface area contributed by atoms with Gasteiger partial charge in [-0.05, 0) is 49.2 Å². The van der Waals surface area contributed by atoms with E-state index < -0.39 is 0 Å². The molecule has 6 rings (SSSR count). The van der Waals surface area contributed by atoms with Crippen LogP contribution in [-0.2, 0) is 4.74 Å². The molecule has 9 nitrogen and oxygen atoms in total. The van der Waals surface area contributed by atoms with Crippen LogP contribution in [-0.4, -0.2) is 57.1 Å². The molecule has 0 radical (unpaired) electrons. The molecule has 1 saturated heterocycles. The van der Waals surface area contributed by atoms with Gasteiger partial charge in [0.1, 0.15) is 5.82 Å². The van der Waals surface area contributed by atoms with Gasteiger partial charge in [0.2, 0.25) is 0 Å². The van der Waals surface area contributed by atoms with E-state index in [4.69, 9.17) is 14.8 Å². The number of pyridine rings is 1. The minimum atomic E-state index is 0.655. The summed E-state index contributed by atoms with van der Waals surface area (Å²) in [5.41, 5.74) is 10.2. The number of H-pyrrole nitrogens is 1. The third-order valence-corrected chi connectivity index (χ3v) is 6.43. The average molecular weight is 467 g/mol. The number of aromatic amines is 1. The molecular formula is C26H26N8O. The van der Waals surface area contributed by atoms with Gasteiger partial charge >= 0.3 is 0 Å². The van der Waals surface area contributed by atoms with Crippen molar-refractivity contribution in [3.8, 4) is 11.3 Å². The highest BCUT2D eigenvalue weighted by atomic mass is 16.5. The van der Waals surface area contributed by atoms with E-state index in [1.807, 2.05) is 41.2 Å². The highest BCUT2D eigenvalue weighted by molar-refractivity contribution is 5.91. The number of aromatic nitrogens is 5. The van der Waals surface area contributed by atoms with Crippen LogP contribution in [0, 0.1) is 13.8 Å². The first-order valence-electron chi connectivity index (χ1n) is 11.7. The van der Waals surface area contributed by atoms with E-state index in [1.54, 1.807) is 6.20 Å². The fourth-order valence-electron chi connectivity index (χ4n) is 4.42. The average Bonchev–Trinajstić information content (AvgIpc) is 3.45. The Bertz CT molecular complexity index is 1530. The molecule has 4 aromatic heterocycles. The monoisotopic (exact) mass is 466 g/mol. The van der Waals surface area contributed by atoms with Crippen LogP contribution in [0.5, 0.6) is 0 Å². The quantitative estimate of drug-likeness (QED) is 0.298. The first-order valence-corrected chi connectivity index (χ1v) is 11.7. The van der Waals surface area contributed by atoms with Crippen LogP contribution < -0.4 is 10.3 Å². The molecule has 1 fully saturated rings. The van der Waals surface area contributed by atoms with Crippen molar-refractivity contribution in [3.63, 3.8) is 0 Å². The van der Waals surface area contributed by atoms with Crippen LogP contribution in [0.2, 0.25) is 0 Å². The zero-order chi connectivity index (χ0) is 23.8. The molecule has 1 aliphatic rings. The van der Waals surface area contributed by atoms with E-state index in [2.05, 4.69) is 57.4 Å². The summed E-state index contributed by atoms with van der Waals surface area (Å²) in [4.78, 5) is 14.7. The third-order valence-electron chi connectivity index (χ3n) is 6.43. The van der Waals surface area contributed by atoms with Gasteiger partial charge in [0.15, 0.2) is 11.5 Å². The number of fused-ring (bicyclic) bond motifs is 2. The van der Waals surface area contributed by atoms with Crippen molar-refractivity contribution in [2.45, 2.75) is 13.8 Å². The lowest BCUT2D eigenvalue weighted by molar-refractivity contribution is 0.122. The molecule has 2 N–H and O–H groups in total. The Morgan fingerprint density at radius 3 is 2.83 bits per heavy atom. The molecule has 0 atom stereocenters. The molecule has 0 aliphatic carbocycles. The summed E-state index contributed by atoms with van der Waals surface area (Å²) in [7, 11) is 0. The maximum atomic E-state index is 5.56. The van der Waals surface area contributed by atoms with E-state index in [0.717, 1.165) is 46.9 Å². The first kappa shape index (κ1) is 21.3. The summed E-state index contributed by atoms with van der Waals surface area (Å²) in [6.45, 7) is 7.17. The second kappa shape index (κ2) is 8.84. The van der Waals surface area contributed by atoms with Gasteiger partial charge in [0, 0.05) is 59.8 Å². The molecule has 0 bridgehead atoms. The summed E-state index contributed by atoms with van der Waals surface area (Å²) in [5.74, 6) is 1.61. The number of nitrogens with one attached hydrogen (secondary N) is 2. The van der Waals surface area contributed by atoms with Gasteiger partial charge in [-0.3, -0.25) is 10.4 Å². The van der Waals surface area contributed by atoms with Gasteiger partial charge in [-0.1, -0.05) is 6.07 Å². The van der Waals surface area contributed by atoms with Crippen LogP contribution in [0.4, 0.5) is 11.6 Å². The Morgan fingerprint density at radius 1 is 1.11 bits per heavy atom. The van der Waals surface area contributed by atoms with Gasteiger partial charge < -0.3 is 14.6 Å². The molecule has 0 amide bonds. The number of ether oxygens (including phenoxy) is 1. The molecule has 0 saturated carbocycles. The second-order valence-corrected chi connectivity index (χ2v) is 8.69. The molecule has 176 valence electrons. The SMILES string of the molecule is Cc1[nH]c2ccc(/C=N/Nc3cc(N4CCOCC4)n4nc(-c5cccnc5)cc4n3)cc2c1C. The normalized spacial score (nSPS) is 14.4. The molecule has 5 heterocycles. The van der Waals surface area contributed by atoms with Crippen LogP contribution in [0.25, 0.3) is 27.8 Å². The third kappa shape index (κ3) is 4.10. The van der Waals surface area contributed by atoms with Crippen molar-refractivity contribution in [2.75, 3.05) is 36.6 Å². The molecular weight excluding hydrogens is 440 g/mol. The Morgan fingerprint density at radius 2 is 2.00 bits per heavy atom. The number of aryl methyl sites for hydroxylation is 2. The zero-order valence-corrected chi connectivity index (χ0v) is 19.7. The minimum Gasteiger partial charge on any atom is -0.378 e. The molecule has 0 unspecified atom stereocenters. The predicted octanol–water partition coefficient (Wildman–Crippen LogP) is 4.17. The van der Waals surface area contributed by atoms with Gasteiger partial charge in [-0.2, -0.15) is 14.7 Å². The van der Waals surface area contributed by atoms with Gasteiger partial charge in [0.25, 0.3) is 0 Å². The lowest BCUT2D eigenvalue weighted by atomic mass is 10.1. The number of rotatable bonds is 5. The van der Waals surface area contributed by atoms with Crippen LogP contribution in [0.1, 0.15) is 16.8 Å². The highest BCUT2D eigenvalue weighted by Crippen LogP contribution is 2.26. The number of nitrogens with zero attached hydrogens (tertiary/aromatic N) is 6. The maximum absolute atomic E-state index is 5.56. The molecule has 35 heavy (non-hydrogen) atoms. The van der Waals surface area contributed by atoms with Crippen molar-refractivity contribution in [1.82, 2.24) is 24.6 Å². The first-order chi connectivity index (χ1) is 17.2. The largest absolute Gasteiger partial charge is 0.378 e. The number of hydrazone groups is 1. The standard InChI is InChI=1S/C26H26N8O/c1-17-18(2)29-22-6-5-19(12-21(17)22)15-28-31-24-14-26(33-8-10-35-11-9-33)34-25(30-24)13-23(32-34)20-4-3-7-27-16-20/h3-7,12-16,29H,8-11H2,1-2H3,(H,30,31)/b28-15+. The molecule has 5 aromatic rings. The molecule has 9 heteroatoms. The number of morpholine rings is 1. The molecule has 1 aliphatic heterocycles. The van der Waals surface area contributed by atoms with Crippen LogP contribution >= 0.6 is 0 Å². The summed E-state index contributed by atoms with van der Waals surface area (Å²) in [6, 6.07) is 14.1. The molecule has 0 spiro atoms. The van der Waals surface area contributed by atoms with Crippen LogP contribution in [0.3, 0.4) is 0 Å². The maximum Gasteiger partial charge on any atom is 0.160 e. The number of hydrogen-bond donors (Lipinski definition) is 2. The zero-order valence-electron chi connectivity index (χ0n) is 19.7. The summed E-state index contributed by atoms with van der Waals surface area (Å²) in [5, 5.41) is 10.5. The van der Waals surface area contributed by atoms with Crippen molar-refractivity contribution < 1.29 is 4.74 Å². The van der Waals surface area contributed by atoms with E-state index in [-0.39, 0.29) is 0 Å². The van der Waals surface area contributed by atoms with E-state index in [0.29, 0.717) is 19.0 Å². The van der Waals surface area contributed by atoms with E-state index in [9.17, 15) is 0 Å². The lowest BCUT2D eigenvalue weighted by Crippen LogP contribution is -2.37. The van der Waals surface area contributed by atoms with Crippen molar-refractivity contribution in [2.24, 2.45) is 5.10 Å². The summed E-state index contributed by atoms with van der Waals surface area (Å²) >= 11 is 0. The Labute approximate surface area is 202 Å². The molecule has 1 aromatic carbocycles. The van der Waals surface area contributed by atoms with Crippen molar-refractivity contribution >= 4 is 34.4 Å². The second-order valence-electron chi connectivity index (χ2n) is 8.69. The Balaban J connectivity index is 1.33. The fourth-order valence-corrected chi connectivity index (χ4v) is 4.42. The minimum absolute atomic E-state index is 0.655. The predicted molar refractivity (Wildman–Crippen MR) is 138 cm³/mol. The summed E-state index contributed by atoms with van der Waals surface area (Å²) < 4.78 is 7.44. The fraction of sp³-hybridized carbons (Fsp3) is 0.231.